The Balaban J connectivity index is 1.40. The maximum Gasteiger partial charge on any atom is 0.317 e. The average Bonchev–Trinajstić information content (AvgIpc) is 3.01. The van der Waals surface area contributed by atoms with Crippen LogP contribution in [0.15, 0.2) is 5.38 Å². The van der Waals surface area contributed by atoms with Crippen molar-refractivity contribution >= 4 is 23.3 Å². The molecule has 2 N–H and O–H groups in total. The number of thiazole rings is 1. The first-order chi connectivity index (χ1) is 12.5. The smallest absolute Gasteiger partial charge is 0.317 e. The molecule has 0 spiro atoms. The maximum atomic E-state index is 12.1. The molecule has 1 aliphatic heterocycles. The van der Waals surface area contributed by atoms with E-state index in [1.54, 1.807) is 11.3 Å². The van der Waals surface area contributed by atoms with Crippen molar-refractivity contribution in [2.45, 2.75) is 64.3 Å². The van der Waals surface area contributed by atoms with Crippen LogP contribution in [0.1, 0.15) is 62.6 Å². The molecule has 26 heavy (non-hydrogen) atoms. The second-order valence-electron chi connectivity index (χ2n) is 7.71. The van der Waals surface area contributed by atoms with Gasteiger partial charge in [0.15, 0.2) is 0 Å². The summed E-state index contributed by atoms with van der Waals surface area (Å²) >= 11 is 1.71. The van der Waals surface area contributed by atoms with E-state index in [2.05, 4.69) is 16.0 Å². The lowest BCUT2D eigenvalue weighted by atomic mass is 9.85. The Bertz CT molecular complexity index is 619. The zero-order chi connectivity index (χ0) is 18.5. The fourth-order valence-corrected chi connectivity index (χ4v) is 4.45. The van der Waals surface area contributed by atoms with E-state index in [4.69, 9.17) is 4.98 Å². The quantitative estimate of drug-likeness (QED) is 0.799. The molecule has 1 saturated carbocycles. The molecule has 2 fully saturated rings. The molecular formula is C19H30N4O2S. The number of nitrogens with one attached hydrogen (secondary N) is 2. The van der Waals surface area contributed by atoms with Gasteiger partial charge in [0.2, 0.25) is 5.91 Å². The summed E-state index contributed by atoms with van der Waals surface area (Å²) in [5, 5.41) is 9.28. The van der Waals surface area contributed by atoms with Gasteiger partial charge in [-0.25, -0.2) is 9.78 Å². The van der Waals surface area contributed by atoms with Crippen molar-refractivity contribution in [1.29, 1.82) is 0 Å². The normalized spacial score (nSPS) is 18.7. The number of nitrogens with zero attached hydrogens (tertiary/aromatic N) is 2. The van der Waals surface area contributed by atoms with Crippen molar-refractivity contribution in [2.24, 2.45) is 5.92 Å². The number of carbonyl (C=O) groups is 2. The second kappa shape index (κ2) is 8.84. The molecule has 2 aliphatic rings. The number of aromatic nitrogens is 1. The highest BCUT2D eigenvalue weighted by molar-refractivity contribution is 7.09. The minimum absolute atomic E-state index is 0.0421. The second-order valence-corrected chi connectivity index (χ2v) is 8.60. The first kappa shape index (κ1) is 19.1. The molecule has 2 heterocycles. The Morgan fingerprint density at radius 1 is 1.27 bits per heavy atom. The van der Waals surface area contributed by atoms with Gasteiger partial charge in [-0.15, -0.1) is 11.3 Å². The zero-order valence-electron chi connectivity index (χ0n) is 15.8. The molecule has 0 radical (unpaired) electrons. The van der Waals surface area contributed by atoms with Crippen molar-refractivity contribution in [3.8, 4) is 0 Å². The third-order valence-corrected chi connectivity index (χ3v) is 6.33. The molecule has 3 rings (SSSR count). The van der Waals surface area contributed by atoms with Gasteiger partial charge in [0.05, 0.1) is 10.7 Å². The van der Waals surface area contributed by atoms with Crippen molar-refractivity contribution in [2.75, 3.05) is 19.6 Å². The van der Waals surface area contributed by atoms with Crippen LogP contribution in [-0.4, -0.2) is 47.5 Å². The predicted octanol–water partition coefficient (Wildman–Crippen LogP) is 2.90. The van der Waals surface area contributed by atoms with Gasteiger partial charge in [0.1, 0.15) is 0 Å². The van der Waals surface area contributed by atoms with Gasteiger partial charge in [0.25, 0.3) is 0 Å². The van der Waals surface area contributed by atoms with Crippen molar-refractivity contribution < 1.29 is 9.59 Å². The topological polar surface area (TPSA) is 74.3 Å². The Kier molecular flexibility index (Phi) is 6.51. The predicted molar refractivity (Wildman–Crippen MR) is 103 cm³/mol. The number of likely N-dealkylation sites (tertiary alicyclic amines) is 1. The first-order valence-electron chi connectivity index (χ1n) is 9.80. The summed E-state index contributed by atoms with van der Waals surface area (Å²) in [7, 11) is 0. The van der Waals surface area contributed by atoms with E-state index in [0.29, 0.717) is 12.5 Å². The zero-order valence-corrected chi connectivity index (χ0v) is 16.6. The van der Waals surface area contributed by atoms with Gasteiger partial charge in [-0.3, -0.25) is 4.79 Å². The summed E-state index contributed by atoms with van der Waals surface area (Å²) in [6.07, 6.45) is 6.00. The Hall–Kier alpha value is -1.63. The van der Waals surface area contributed by atoms with Crippen LogP contribution in [0.2, 0.25) is 0 Å². The number of urea groups is 1. The lowest BCUT2D eigenvalue weighted by Gasteiger charge is -2.31. The van der Waals surface area contributed by atoms with Crippen LogP contribution >= 0.6 is 11.3 Å². The number of piperidine rings is 1. The van der Waals surface area contributed by atoms with E-state index in [-0.39, 0.29) is 23.9 Å². The van der Waals surface area contributed by atoms with Gasteiger partial charge in [-0.1, -0.05) is 6.42 Å². The monoisotopic (exact) mass is 378 g/mol. The SMILES string of the molecule is CC(C)NC(=O)N1CCC(c2nc(CCNC(=O)C3CCC3)cs2)CC1. The summed E-state index contributed by atoms with van der Waals surface area (Å²) in [6.45, 7) is 6.21. The van der Waals surface area contributed by atoms with E-state index in [9.17, 15) is 9.59 Å². The van der Waals surface area contributed by atoms with Crippen molar-refractivity contribution in [1.82, 2.24) is 20.5 Å². The van der Waals surface area contributed by atoms with Crippen molar-refractivity contribution in [3.05, 3.63) is 16.1 Å². The highest BCUT2D eigenvalue weighted by Gasteiger charge is 2.26. The summed E-state index contributed by atoms with van der Waals surface area (Å²) in [6, 6.07) is 0.215. The largest absolute Gasteiger partial charge is 0.355 e. The average molecular weight is 379 g/mol. The summed E-state index contributed by atoms with van der Waals surface area (Å²) < 4.78 is 0. The van der Waals surface area contributed by atoms with Crippen LogP contribution in [0, 0.1) is 5.92 Å². The maximum absolute atomic E-state index is 12.1. The molecule has 144 valence electrons. The van der Waals surface area contributed by atoms with Gasteiger partial charge in [-0.2, -0.15) is 0 Å². The minimum Gasteiger partial charge on any atom is -0.355 e. The van der Waals surface area contributed by atoms with Crippen LogP contribution < -0.4 is 10.6 Å². The van der Waals surface area contributed by atoms with Crippen LogP contribution in [0.25, 0.3) is 0 Å². The van der Waals surface area contributed by atoms with Crippen LogP contribution in [0.5, 0.6) is 0 Å². The molecule has 3 amide bonds. The molecule has 1 aliphatic carbocycles. The molecule has 6 nitrogen and oxygen atoms in total. The highest BCUT2D eigenvalue weighted by atomic mass is 32.1. The van der Waals surface area contributed by atoms with Crippen LogP contribution in [0.4, 0.5) is 4.79 Å². The highest BCUT2D eigenvalue weighted by Crippen LogP contribution is 2.30. The molecule has 7 heteroatoms. The molecule has 0 unspecified atom stereocenters. The van der Waals surface area contributed by atoms with Crippen LogP contribution in [-0.2, 0) is 11.2 Å². The van der Waals surface area contributed by atoms with Gasteiger partial charge < -0.3 is 15.5 Å². The minimum atomic E-state index is 0.0421. The Morgan fingerprint density at radius 3 is 2.62 bits per heavy atom. The summed E-state index contributed by atoms with van der Waals surface area (Å²) in [4.78, 5) is 30.6. The lowest BCUT2D eigenvalue weighted by Crippen LogP contribution is -2.46. The van der Waals surface area contributed by atoms with Crippen LogP contribution in [0.3, 0.4) is 0 Å². The molecule has 0 aromatic carbocycles. The van der Waals surface area contributed by atoms with Crippen molar-refractivity contribution in [3.63, 3.8) is 0 Å². The molecular weight excluding hydrogens is 348 g/mol. The molecule has 0 atom stereocenters. The number of hydrogen-bond acceptors (Lipinski definition) is 4. The number of amides is 3. The molecule has 1 aromatic rings. The van der Waals surface area contributed by atoms with Gasteiger partial charge >= 0.3 is 6.03 Å². The number of carbonyl (C=O) groups excluding carboxylic acids is 2. The summed E-state index contributed by atoms with van der Waals surface area (Å²) in [5.74, 6) is 0.902. The Labute approximate surface area is 159 Å². The van der Waals surface area contributed by atoms with E-state index in [1.807, 2.05) is 18.7 Å². The fraction of sp³-hybridized carbons (Fsp3) is 0.737. The fourth-order valence-electron chi connectivity index (χ4n) is 3.42. The third kappa shape index (κ3) is 4.96. The Morgan fingerprint density at radius 2 is 2.00 bits per heavy atom. The lowest BCUT2D eigenvalue weighted by molar-refractivity contribution is -0.127. The molecule has 1 aromatic heterocycles. The van der Waals surface area contributed by atoms with E-state index < -0.39 is 0 Å². The number of hydrogen-bond donors (Lipinski definition) is 2. The summed E-state index contributed by atoms with van der Waals surface area (Å²) in [5.41, 5.74) is 1.07. The van der Waals surface area contributed by atoms with E-state index >= 15 is 0 Å². The van der Waals surface area contributed by atoms with Gasteiger partial charge in [-0.05, 0) is 39.5 Å². The third-order valence-electron chi connectivity index (χ3n) is 5.27. The van der Waals surface area contributed by atoms with E-state index in [1.165, 1.54) is 11.4 Å². The molecule has 1 saturated heterocycles. The first-order valence-corrected chi connectivity index (χ1v) is 10.7. The van der Waals surface area contributed by atoms with E-state index in [0.717, 1.165) is 50.9 Å². The van der Waals surface area contributed by atoms with Gasteiger partial charge in [0, 0.05) is 49.3 Å². The molecule has 0 bridgehead atoms. The standard InChI is InChI=1S/C19H30N4O2S/c1-13(2)21-19(25)23-10-7-15(8-11-23)18-22-16(12-26-18)6-9-20-17(24)14-4-3-5-14/h12-15H,3-11H2,1-2H3,(H,20,24)(H,21,25). The number of rotatable bonds is 6.